The number of hydrogen-bond donors (Lipinski definition) is 0. The number of halogens is 2. The van der Waals surface area contributed by atoms with E-state index >= 15 is 0 Å². The number of hydrogen-bond acceptors (Lipinski definition) is 3. The minimum Gasteiger partial charge on any atom is -0.493 e. The fourth-order valence-electron chi connectivity index (χ4n) is 3.14. The Balaban J connectivity index is 1.99. The van der Waals surface area contributed by atoms with Crippen LogP contribution < -0.4 is 9.47 Å². The highest BCUT2D eigenvalue weighted by Gasteiger charge is 2.14. The third-order valence-corrected chi connectivity index (χ3v) is 4.96. The lowest BCUT2D eigenvalue weighted by atomic mass is 10.0. The van der Waals surface area contributed by atoms with Gasteiger partial charge >= 0.3 is 0 Å². The van der Waals surface area contributed by atoms with E-state index in [0.29, 0.717) is 34.1 Å². The Morgan fingerprint density at radius 3 is 2.55 bits per heavy atom. The SMILES string of the molecule is C=CCc1cc(C=C(C#N)c2ccccc2Cl)cc(OC)c1OCc1ccc(F)cc1. The summed E-state index contributed by atoms with van der Waals surface area (Å²) in [4.78, 5) is 0. The molecular formula is C26H21ClFNO2. The zero-order chi connectivity index (χ0) is 22.2. The Kier molecular flexibility index (Phi) is 7.48. The minimum absolute atomic E-state index is 0.263. The van der Waals surface area contributed by atoms with Crippen LogP contribution in [-0.2, 0) is 13.0 Å². The fourth-order valence-corrected chi connectivity index (χ4v) is 3.38. The van der Waals surface area contributed by atoms with E-state index < -0.39 is 0 Å². The van der Waals surface area contributed by atoms with Gasteiger partial charge in [0.2, 0.25) is 0 Å². The van der Waals surface area contributed by atoms with Crippen molar-refractivity contribution in [2.45, 2.75) is 13.0 Å². The van der Waals surface area contributed by atoms with Crippen molar-refractivity contribution in [2.75, 3.05) is 7.11 Å². The molecule has 0 heterocycles. The number of methoxy groups -OCH3 is 1. The highest BCUT2D eigenvalue weighted by atomic mass is 35.5. The lowest BCUT2D eigenvalue weighted by molar-refractivity contribution is 0.282. The molecule has 0 saturated carbocycles. The summed E-state index contributed by atoms with van der Waals surface area (Å²) in [6, 6.07) is 19.3. The van der Waals surface area contributed by atoms with Gasteiger partial charge in [0, 0.05) is 16.1 Å². The normalized spacial score (nSPS) is 11.0. The Hall–Kier alpha value is -3.55. The third-order valence-electron chi connectivity index (χ3n) is 4.63. The molecule has 0 saturated heterocycles. The second kappa shape index (κ2) is 10.5. The highest BCUT2D eigenvalue weighted by molar-refractivity contribution is 6.32. The second-order valence-electron chi connectivity index (χ2n) is 6.77. The highest BCUT2D eigenvalue weighted by Crippen LogP contribution is 2.36. The molecule has 0 atom stereocenters. The molecule has 5 heteroatoms. The molecule has 3 aromatic rings. The van der Waals surface area contributed by atoms with Gasteiger partial charge in [-0.05, 0) is 54.0 Å². The van der Waals surface area contributed by atoms with Crippen molar-refractivity contribution in [3.8, 4) is 17.6 Å². The van der Waals surface area contributed by atoms with E-state index in [9.17, 15) is 9.65 Å². The van der Waals surface area contributed by atoms with E-state index in [1.54, 1.807) is 49.6 Å². The first kappa shape index (κ1) is 22.1. The number of benzene rings is 3. The van der Waals surface area contributed by atoms with E-state index in [2.05, 4.69) is 12.6 Å². The van der Waals surface area contributed by atoms with Gasteiger partial charge in [-0.15, -0.1) is 6.58 Å². The van der Waals surface area contributed by atoms with E-state index in [4.69, 9.17) is 21.1 Å². The Morgan fingerprint density at radius 1 is 1.16 bits per heavy atom. The first-order valence-corrected chi connectivity index (χ1v) is 9.99. The molecule has 0 radical (unpaired) electrons. The molecule has 0 aromatic heterocycles. The van der Waals surface area contributed by atoms with Crippen LogP contribution in [0.15, 0.2) is 73.3 Å². The molecule has 31 heavy (non-hydrogen) atoms. The van der Waals surface area contributed by atoms with Gasteiger partial charge in [-0.3, -0.25) is 0 Å². The van der Waals surface area contributed by atoms with Crippen molar-refractivity contribution in [2.24, 2.45) is 0 Å². The summed E-state index contributed by atoms with van der Waals surface area (Å²) in [6.45, 7) is 4.09. The van der Waals surface area contributed by atoms with Crippen LogP contribution in [0.25, 0.3) is 11.6 Å². The predicted octanol–water partition coefficient (Wildman–Crippen LogP) is 6.86. The Labute approximate surface area is 186 Å². The van der Waals surface area contributed by atoms with Crippen LogP contribution in [-0.4, -0.2) is 7.11 Å². The van der Waals surface area contributed by atoms with Crippen molar-refractivity contribution in [3.63, 3.8) is 0 Å². The molecule has 3 aromatic carbocycles. The molecular weight excluding hydrogens is 413 g/mol. The zero-order valence-electron chi connectivity index (χ0n) is 17.1. The summed E-state index contributed by atoms with van der Waals surface area (Å²) < 4.78 is 24.7. The molecule has 0 aliphatic rings. The molecule has 3 rings (SSSR count). The van der Waals surface area contributed by atoms with Crippen LogP contribution in [0.4, 0.5) is 4.39 Å². The lowest BCUT2D eigenvalue weighted by Crippen LogP contribution is -2.02. The molecule has 0 amide bonds. The molecule has 0 fully saturated rings. The number of nitriles is 1. The van der Waals surface area contributed by atoms with Crippen LogP contribution >= 0.6 is 11.6 Å². The first-order chi connectivity index (χ1) is 15.0. The topological polar surface area (TPSA) is 42.2 Å². The molecule has 0 aliphatic heterocycles. The van der Waals surface area contributed by atoms with E-state index in [-0.39, 0.29) is 12.4 Å². The smallest absolute Gasteiger partial charge is 0.165 e. The van der Waals surface area contributed by atoms with E-state index in [1.165, 1.54) is 12.1 Å². The average Bonchev–Trinajstić information content (AvgIpc) is 2.78. The van der Waals surface area contributed by atoms with Crippen LogP contribution in [0.2, 0.25) is 5.02 Å². The van der Waals surface area contributed by atoms with Crippen molar-refractivity contribution >= 4 is 23.3 Å². The van der Waals surface area contributed by atoms with E-state index in [1.807, 2.05) is 18.2 Å². The van der Waals surface area contributed by atoms with Gasteiger partial charge in [0.25, 0.3) is 0 Å². The summed E-state index contributed by atoms with van der Waals surface area (Å²) in [5.41, 5.74) is 3.57. The van der Waals surface area contributed by atoms with Crippen LogP contribution in [0.1, 0.15) is 22.3 Å². The van der Waals surface area contributed by atoms with Gasteiger partial charge in [-0.1, -0.05) is 48.0 Å². The minimum atomic E-state index is -0.295. The number of ether oxygens (including phenoxy) is 2. The summed E-state index contributed by atoms with van der Waals surface area (Å²) in [5, 5.41) is 10.2. The van der Waals surface area contributed by atoms with Gasteiger partial charge < -0.3 is 9.47 Å². The molecule has 0 aliphatic carbocycles. The molecule has 156 valence electrons. The van der Waals surface area contributed by atoms with Crippen molar-refractivity contribution in [3.05, 3.63) is 106 Å². The van der Waals surface area contributed by atoms with Gasteiger partial charge in [-0.25, -0.2) is 4.39 Å². The maximum absolute atomic E-state index is 13.2. The zero-order valence-corrected chi connectivity index (χ0v) is 17.8. The van der Waals surface area contributed by atoms with Crippen LogP contribution in [0, 0.1) is 17.1 Å². The third kappa shape index (κ3) is 5.53. The maximum Gasteiger partial charge on any atom is 0.165 e. The quantitative estimate of drug-likeness (QED) is 0.221. The standard InChI is InChI=1S/C26H21ClFNO2/c1-3-6-20-13-19(14-21(16-29)23-7-4-5-8-24(23)27)15-25(30-2)26(20)31-17-18-9-11-22(28)12-10-18/h3-5,7-15H,1,6,17H2,2H3. The summed E-state index contributed by atoms with van der Waals surface area (Å²) in [5.74, 6) is 0.820. The Bertz CT molecular complexity index is 1150. The number of allylic oxidation sites excluding steroid dienone is 2. The van der Waals surface area contributed by atoms with Crippen molar-refractivity contribution in [1.82, 2.24) is 0 Å². The number of nitrogens with zero attached hydrogens (tertiary/aromatic N) is 1. The predicted molar refractivity (Wildman–Crippen MR) is 123 cm³/mol. The Morgan fingerprint density at radius 2 is 1.90 bits per heavy atom. The van der Waals surface area contributed by atoms with Gasteiger partial charge in [0.15, 0.2) is 11.5 Å². The van der Waals surface area contributed by atoms with Gasteiger partial charge in [-0.2, -0.15) is 5.26 Å². The summed E-state index contributed by atoms with van der Waals surface area (Å²) in [7, 11) is 1.56. The summed E-state index contributed by atoms with van der Waals surface area (Å²) in [6.07, 6.45) is 4.08. The lowest BCUT2D eigenvalue weighted by Gasteiger charge is -2.16. The molecule has 0 spiro atoms. The number of rotatable bonds is 8. The van der Waals surface area contributed by atoms with Crippen molar-refractivity contribution < 1.29 is 13.9 Å². The van der Waals surface area contributed by atoms with Crippen molar-refractivity contribution in [1.29, 1.82) is 5.26 Å². The van der Waals surface area contributed by atoms with Crippen LogP contribution in [0.5, 0.6) is 11.5 Å². The van der Waals surface area contributed by atoms with E-state index in [0.717, 1.165) is 16.7 Å². The second-order valence-corrected chi connectivity index (χ2v) is 7.18. The molecule has 0 bridgehead atoms. The molecule has 0 unspecified atom stereocenters. The first-order valence-electron chi connectivity index (χ1n) is 9.61. The average molecular weight is 434 g/mol. The van der Waals surface area contributed by atoms with Gasteiger partial charge in [0.05, 0.1) is 18.8 Å². The molecule has 3 nitrogen and oxygen atoms in total. The molecule has 0 N–H and O–H groups in total. The monoisotopic (exact) mass is 433 g/mol. The van der Waals surface area contributed by atoms with Crippen LogP contribution in [0.3, 0.4) is 0 Å². The van der Waals surface area contributed by atoms with Gasteiger partial charge in [0.1, 0.15) is 12.4 Å². The fraction of sp³-hybridized carbons (Fsp3) is 0.115. The maximum atomic E-state index is 13.2. The summed E-state index contributed by atoms with van der Waals surface area (Å²) >= 11 is 6.26. The largest absolute Gasteiger partial charge is 0.493 e.